The lowest BCUT2D eigenvalue weighted by molar-refractivity contribution is -0.133. The maximum absolute atomic E-state index is 11.6. The number of carbonyl (C=O) groups excluding carboxylic acids is 1. The fraction of sp³-hybridized carbons (Fsp3) is 0.833. The minimum absolute atomic E-state index is 0.00904. The van der Waals surface area contributed by atoms with Crippen LogP contribution in [-0.2, 0) is 9.59 Å². The van der Waals surface area contributed by atoms with Gasteiger partial charge in [-0.25, -0.2) is 0 Å². The summed E-state index contributed by atoms with van der Waals surface area (Å²) >= 11 is 1.15. The summed E-state index contributed by atoms with van der Waals surface area (Å²) in [7, 11) is 0. The molecule has 17 heavy (non-hydrogen) atoms. The molecule has 2 atom stereocenters. The molecule has 2 unspecified atom stereocenters. The molecule has 98 valence electrons. The second-order valence-corrected chi connectivity index (χ2v) is 6.05. The van der Waals surface area contributed by atoms with Crippen LogP contribution in [0.3, 0.4) is 0 Å². The molecule has 1 rings (SSSR count). The molecule has 5 heteroatoms. The topological polar surface area (TPSA) is 66.4 Å². The molecule has 1 aliphatic carbocycles. The fourth-order valence-electron chi connectivity index (χ4n) is 2.57. The van der Waals surface area contributed by atoms with Crippen LogP contribution in [0.4, 0.5) is 0 Å². The molecule has 2 N–H and O–H groups in total. The van der Waals surface area contributed by atoms with E-state index in [1.807, 2.05) is 0 Å². The molecule has 4 nitrogen and oxygen atoms in total. The zero-order valence-corrected chi connectivity index (χ0v) is 11.3. The second kappa shape index (κ2) is 6.89. The molecule has 0 aliphatic heterocycles. The van der Waals surface area contributed by atoms with Gasteiger partial charge in [0.15, 0.2) is 0 Å². The van der Waals surface area contributed by atoms with Crippen molar-refractivity contribution in [2.75, 3.05) is 11.5 Å². The summed E-state index contributed by atoms with van der Waals surface area (Å²) in [5.74, 6) is 0.646. The molecule has 1 amide bonds. The van der Waals surface area contributed by atoms with Crippen LogP contribution < -0.4 is 5.32 Å². The van der Waals surface area contributed by atoms with E-state index in [0.717, 1.165) is 24.6 Å². The Labute approximate surface area is 107 Å². The van der Waals surface area contributed by atoms with E-state index in [9.17, 15) is 9.59 Å². The van der Waals surface area contributed by atoms with Gasteiger partial charge < -0.3 is 10.4 Å². The highest BCUT2D eigenvalue weighted by atomic mass is 32.2. The van der Waals surface area contributed by atoms with Crippen LogP contribution in [0.15, 0.2) is 0 Å². The van der Waals surface area contributed by atoms with E-state index in [-0.39, 0.29) is 23.5 Å². The summed E-state index contributed by atoms with van der Waals surface area (Å²) in [5.41, 5.74) is 0. The first-order chi connectivity index (χ1) is 7.97. The van der Waals surface area contributed by atoms with Gasteiger partial charge in [0.05, 0.1) is 11.5 Å². The highest BCUT2D eigenvalue weighted by Crippen LogP contribution is 2.28. The van der Waals surface area contributed by atoms with Crippen LogP contribution in [0.25, 0.3) is 0 Å². The van der Waals surface area contributed by atoms with Gasteiger partial charge in [0.25, 0.3) is 0 Å². The Balaban J connectivity index is 2.23. The summed E-state index contributed by atoms with van der Waals surface area (Å²) in [4.78, 5) is 21.9. The van der Waals surface area contributed by atoms with Crippen LogP contribution in [0.2, 0.25) is 0 Å². The molecule has 0 radical (unpaired) electrons. The van der Waals surface area contributed by atoms with E-state index < -0.39 is 5.97 Å². The van der Waals surface area contributed by atoms with Crippen LogP contribution in [0, 0.1) is 11.8 Å². The molecule has 1 aliphatic rings. The van der Waals surface area contributed by atoms with Crippen molar-refractivity contribution in [3.8, 4) is 0 Å². The van der Waals surface area contributed by atoms with Crippen LogP contribution in [-0.4, -0.2) is 34.5 Å². The third-order valence-corrected chi connectivity index (χ3v) is 3.92. The van der Waals surface area contributed by atoms with Crippen LogP contribution in [0.1, 0.15) is 33.1 Å². The van der Waals surface area contributed by atoms with Crippen molar-refractivity contribution in [2.24, 2.45) is 11.8 Å². The van der Waals surface area contributed by atoms with Crippen LogP contribution >= 0.6 is 11.8 Å². The minimum atomic E-state index is -0.872. The Morgan fingerprint density at radius 3 is 2.29 bits per heavy atom. The van der Waals surface area contributed by atoms with Crippen LogP contribution in [0.5, 0.6) is 0 Å². The number of carboxylic acids is 1. The molecule has 0 spiro atoms. The second-order valence-electron chi connectivity index (χ2n) is 5.07. The number of nitrogens with one attached hydrogen (secondary N) is 1. The molecule has 1 fully saturated rings. The summed E-state index contributed by atoms with van der Waals surface area (Å²) in [5, 5.41) is 11.5. The highest BCUT2D eigenvalue weighted by molar-refractivity contribution is 8.00. The summed E-state index contributed by atoms with van der Waals surface area (Å²) in [6, 6.07) is 0.270. The summed E-state index contributed by atoms with van der Waals surface area (Å²) < 4.78 is 0. The number of amides is 1. The van der Waals surface area contributed by atoms with E-state index >= 15 is 0 Å². The maximum atomic E-state index is 11.6. The smallest absolute Gasteiger partial charge is 0.313 e. The van der Waals surface area contributed by atoms with Crippen molar-refractivity contribution in [3.63, 3.8) is 0 Å². The first-order valence-electron chi connectivity index (χ1n) is 6.06. The standard InChI is InChI=1S/C12H21NO3S/c1-8-3-9(2)5-10(4-8)13-11(14)6-17-7-12(15)16/h8-10H,3-7H2,1-2H3,(H,13,14)(H,15,16). The van der Waals surface area contributed by atoms with Gasteiger partial charge in [0, 0.05) is 6.04 Å². The minimum Gasteiger partial charge on any atom is -0.481 e. The average Bonchev–Trinajstić information content (AvgIpc) is 2.14. The number of carbonyl (C=O) groups is 2. The number of aliphatic carboxylic acids is 1. The lowest BCUT2D eigenvalue weighted by Crippen LogP contribution is -2.40. The number of thioether (sulfide) groups is 1. The van der Waals surface area contributed by atoms with Gasteiger partial charge in [-0.15, -0.1) is 11.8 Å². The zero-order chi connectivity index (χ0) is 12.8. The quantitative estimate of drug-likeness (QED) is 0.789. The fourth-order valence-corrected chi connectivity index (χ4v) is 3.11. The molecule has 0 saturated heterocycles. The normalized spacial score (nSPS) is 28.7. The van der Waals surface area contributed by atoms with Gasteiger partial charge in [-0.05, 0) is 31.1 Å². The third kappa shape index (κ3) is 5.96. The summed E-state index contributed by atoms with van der Waals surface area (Å²) in [6.45, 7) is 4.43. The van der Waals surface area contributed by atoms with Gasteiger partial charge in [-0.1, -0.05) is 13.8 Å². The highest BCUT2D eigenvalue weighted by Gasteiger charge is 2.24. The van der Waals surface area contributed by atoms with Gasteiger partial charge in [0.2, 0.25) is 5.91 Å². The Hall–Kier alpha value is -0.710. The molecule has 0 aromatic heterocycles. The lowest BCUT2D eigenvalue weighted by atomic mass is 9.80. The van der Waals surface area contributed by atoms with E-state index in [0.29, 0.717) is 11.8 Å². The van der Waals surface area contributed by atoms with Crippen molar-refractivity contribution in [1.82, 2.24) is 5.32 Å². The van der Waals surface area contributed by atoms with Crippen molar-refractivity contribution in [3.05, 3.63) is 0 Å². The van der Waals surface area contributed by atoms with Crippen molar-refractivity contribution in [1.29, 1.82) is 0 Å². The number of hydrogen-bond donors (Lipinski definition) is 2. The monoisotopic (exact) mass is 259 g/mol. The van der Waals surface area contributed by atoms with Gasteiger partial charge >= 0.3 is 5.97 Å². The Morgan fingerprint density at radius 2 is 1.76 bits per heavy atom. The SMILES string of the molecule is CC1CC(C)CC(NC(=O)CSCC(=O)O)C1. The van der Waals surface area contributed by atoms with E-state index in [1.54, 1.807) is 0 Å². The molecule has 0 aromatic rings. The Morgan fingerprint density at radius 1 is 1.18 bits per heavy atom. The largest absolute Gasteiger partial charge is 0.481 e. The Bertz CT molecular complexity index is 273. The number of hydrogen-bond acceptors (Lipinski definition) is 3. The molecule has 0 heterocycles. The van der Waals surface area contributed by atoms with E-state index in [1.165, 1.54) is 6.42 Å². The predicted octanol–water partition coefficient (Wildman–Crippen LogP) is 1.75. The predicted molar refractivity (Wildman–Crippen MR) is 69.1 cm³/mol. The number of rotatable bonds is 5. The molecular weight excluding hydrogens is 238 g/mol. The summed E-state index contributed by atoms with van der Waals surface area (Å²) in [6.07, 6.45) is 3.32. The van der Waals surface area contributed by atoms with Gasteiger partial charge in [-0.2, -0.15) is 0 Å². The van der Waals surface area contributed by atoms with Crippen molar-refractivity contribution < 1.29 is 14.7 Å². The van der Waals surface area contributed by atoms with Gasteiger partial charge in [-0.3, -0.25) is 9.59 Å². The number of carboxylic acid groups (broad SMARTS) is 1. The Kier molecular flexibility index (Phi) is 5.82. The van der Waals surface area contributed by atoms with E-state index in [4.69, 9.17) is 5.11 Å². The average molecular weight is 259 g/mol. The first-order valence-corrected chi connectivity index (χ1v) is 7.21. The third-order valence-electron chi connectivity index (χ3n) is 3.00. The maximum Gasteiger partial charge on any atom is 0.313 e. The van der Waals surface area contributed by atoms with Crippen molar-refractivity contribution in [2.45, 2.75) is 39.2 Å². The molecule has 1 saturated carbocycles. The van der Waals surface area contributed by atoms with E-state index in [2.05, 4.69) is 19.2 Å². The molecule has 0 aromatic carbocycles. The first kappa shape index (κ1) is 14.4. The van der Waals surface area contributed by atoms with Crippen molar-refractivity contribution >= 4 is 23.6 Å². The lowest BCUT2D eigenvalue weighted by Gasteiger charge is -2.31. The zero-order valence-electron chi connectivity index (χ0n) is 10.4. The van der Waals surface area contributed by atoms with Gasteiger partial charge in [0.1, 0.15) is 0 Å². The molecule has 0 bridgehead atoms. The molecular formula is C12H21NO3S.